The molecule has 21 heavy (non-hydrogen) atoms. The Hall–Kier alpha value is -2.30. The lowest BCUT2D eigenvalue weighted by Gasteiger charge is -2.13. The van der Waals surface area contributed by atoms with Gasteiger partial charge >= 0.3 is 0 Å². The van der Waals surface area contributed by atoms with Gasteiger partial charge in [-0.25, -0.2) is 0 Å². The highest BCUT2D eigenvalue weighted by Gasteiger charge is 2.18. The van der Waals surface area contributed by atoms with Gasteiger partial charge in [0.1, 0.15) is 5.75 Å². The van der Waals surface area contributed by atoms with Crippen molar-refractivity contribution < 1.29 is 9.90 Å². The average Bonchev–Trinajstić information content (AvgIpc) is 2.74. The molecule has 0 radical (unpaired) electrons. The minimum absolute atomic E-state index is 0.0655. The number of nitrogens with one attached hydrogen (secondary N) is 2. The number of aromatic hydroxyl groups is 1. The summed E-state index contributed by atoms with van der Waals surface area (Å²) in [6.07, 6.45) is 0.342. The Bertz CT molecular complexity index is 642. The molecule has 2 aromatic rings. The molecule has 1 aromatic carbocycles. The third-order valence-electron chi connectivity index (χ3n) is 3.68. The smallest absolute Gasteiger partial charge is 0.225 e. The van der Waals surface area contributed by atoms with E-state index in [9.17, 15) is 9.90 Å². The van der Waals surface area contributed by atoms with Gasteiger partial charge in [0.05, 0.1) is 11.4 Å². The SMILES string of the molecule is Cc1cccc(NC(=O)C[C@H](C)c2c(C)n[nH]c2C)c1O. The van der Waals surface area contributed by atoms with E-state index in [2.05, 4.69) is 15.5 Å². The maximum atomic E-state index is 12.2. The number of aryl methyl sites for hydroxylation is 3. The molecule has 112 valence electrons. The van der Waals surface area contributed by atoms with E-state index in [-0.39, 0.29) is 17.6 Å². The lowest BCUT2D eigenvalue weighted by Crippen LogP contribution is -2.15. The van der Waals surface area contributed by atoms with Crippen molar-refractivity contribution >= 4 is 11.6 Å². The molecule has 0 aliphatic rings. The molecule has 1 atom stereocenters. The highest BCUT2D eigenvalue weighted by molar-refractivity contribution is 5.92. The van der Waals surface area contributed by atoms with E-state index in [0.29, 0.717) is 12.1 Å². The molecule has 5 heteroatoms. The number of aromatic amines is 1. The number of nitrogens with zero attached hydrogens (tertiary/aromatic N) is 1. The summed E-state index contributed by atoms with van der Waals surface area (Å²) in [5.41, 5.74) is 4.19. The van der Waals surface area contributed by atoms with Gasteiger partial charge in [0.25, 0.3) is 0 Å². The summed E-state index contributed by atoms with van der Waals surface area (Å²) in [7, 11) is 0. The number of phenolic OH excluding ortho intramolecular Hbond substituents is 1. The molecule has 0 spiro atoms. The van der Waals surface area contributed by atoms with Crippen LogP contribution in [0.5, 0.6) is 5.75 Å². The van der Waals surface area contributed by atoms with Crippen molar-refractivity contribution in [3.63, 3.8) is 0 Å². The van der Waals surface area contributed by atoms with E-state index >= 15 is 0 Å². The molecule has 0 bridgehead atoms. The van der Waals surface area contributed by atoms with Crippen LogP contribution in [0.25, 0.3) is 0 Å². The minimum atomic E-state index is -0.122. The minimum Gasteiger partial charge on any atom is -0.505 e. The molecule has 5 nitrogen and oxygen atoms in total. The second-order valence-electron chi connectivity index (χ2n) is 5.47. The number of carbonyl (C=O) groups excluding carboxylic acids is 1. The number of hydrogen-bond acceptors (Lipinski definition) is 3. The largest absolute Gasteiger partial charge is 0.505 e. The van der Waals surface area contributed by atoms with Crippen LogP contribution in [-0.2, 0) is 4.79 Å². The summed E-state index contributed by atoms with van der Waals surface area (Å²) in [5, 5.41) is 19.8. The van der Waals surface area contributed by atoms with Crippen molar-refractivity contribution in [1.29, 1.82) is 0 Å². The first-order valence-electron chi connectivity index (χ1n) is 7.00. The number of rotatable bonds is 4. The number of para-hydroxylation sites is 1. The third-order valence-corrected chi connectivity index (χ3v) is 3.68. The van der Waals surface area contributed by atoms with Crippen molar-refractivity contribution in [2.45, 2.75) is 40.0 Å². The topological polar surface area (TPSA) is 78.0 Å². The second kappa shape index (κ2) is 5.99. The summed E-state index contributed by atoms with van der Waals surface area (Å²) >= 11 is 0. The summed E-state index contributed by atoms with van der Waals surface area (Å²) in [6, 6.07) is 5.30. The van der Waals surface area contributed by atoms with Gasteiger partial charge < -0.3 is 10.4 Å². The monoisotopic (exact) mass is 287 g/mol. The number of phenols is 1. The van der Waals surface area contributed by atoms with Gasteiger partial charge in [0.2, 0.25) is 5.91 Å². The molecule has 0 saturated carbocycles. The lowest BCUT2D eigenvalue weighted by molar-refractivity contribution is -0.116. The Morgan fingerprint density at radius 2 is 2.10 bits per heavy atom. The van der Waals surface area contributed by atoms with Crippen molar-refractivity contribution in [2.75, 3.05) is 5.32 Å². The second-order valence-corrected chi connectivity index (χ2v) is 5.47. The van der Waals surface area contributed by atoms with Crippen LogP contribution < -0.4 is 5.32 Å². The zero-order valence-electron chi connectivity index (χ0n) is 12.8. The van der Waals surface area contributed by atoms with Gasteiger partial charge in [-0.15, -0.1) is 0 Å². The summed E-state index contributed by atoms with van der Waals surface area (Å²) in [6.45, 7) is 7.68. The van der Waals surface area contributed by atoms with Crippen molar-refractivity contribution in [3.8, 4) is 5.75 Å². The normalized spacial score (nSPS) is 12.2. The number of H-pyrrole nitrogens is 1. The third kappa shape index (κ3) is 3.24. The fourth-order valence-corrected chi connectivity index (χ4v) is 2.63. The molecular weight excluding hydrogens is 266 g/mol. The molecule has 3 N–H and O–H groups in total. The van der Waals surface area contributed by atoms with Crippen LogP contribution >= 0.6 is 0 Å². The van der Waals surface area contributed by atoms with Crippen LogP contribution in [-0.4, -0.2) is 21.2 Å². The standard InChI is InChI=1S/C16H21N3O2/c1-9-6-5-7-13(16(9)21)17-14(20)8-10(2)15-11(3)18-19-12(15)4/h5-7,10,21H,8H2,1-4H3,(H,17,20)(H,18,19)/t10-/m0/s1. The van der Waals surface area contributed by atoms with E-state index in [0.717, 1.165) is 22.5 Å². The van der Waals surface area contributed by atoms with E-state index < -0.39 is 0 Å². The van der Waals surface area contributed by atoms with Crippen molar-refractivity contribution in [3.05, 3.63) is 40.7 Å². The van der Waals surface area contributed by atoms with E-state index in [1.807, 2.05) is 20.8 Å². The fourth-order valence-electron chi connectivity index (χ4n) is 2.63. The molecule has 0 fully saturated rings. The highest BCUT2D eigenvalue weighted by atomic mass is 16.3. The number of aromatic nitrogens is 2. The molecule has 0 unspecified atom stereocenters. The van der Waals surface area contributed by atoms with Crippen LogP contribution in [0.3, 0.4) is 0 Å². The van der Waals surface area contributed by atoms with Crippen LogP contribution in [0.15, 0.2) is 18.2 Å². The Kier molecular flexibility index (Phi) is 4.31. The molecule has 1 aromatic heterocycles. The molecule has 1 heterocycles. The predicted molar refractivity (Wildman–Crippen MR) is 82.6 cm³/mol. The van der Waals surface area contributed by atoms with Gasteiger partial charge in [0.15, 0.2) is 0 Å². The molecule has 2 rings (SSSR count). The van der Waals surface area contributed by atoms with Gasteiger partial charge in [-0.05, 0) is 43.9 Å². The summed E-state index contributed by atoms with van der Waals surface area (Å²) < 4.78 is 0. The van der Waals surface area contributed by atoms with Gasteiger partial charge in [-0.1, -0.05) is 19.1 Å². The van der Waals surface area contributed by atoms with Gasteiger partial charge in [-0.2, -0.15) is 5.10 Å². The molecule has 0 aliphatic heterocycles. The first-order valence-corrected chi connectivity index (χ1v) is 7.00. The first kappa shape index (κ1) is 15.1. The lowest BCUT2D eigenvalue weighted by atomic mass is 9.95. The highest BCUT2D eigenvalue weighted by Crippen LogP contribution is 2.28. The number of benzene rings is 1. The van der Waals surface area contributed by atoms with Crippen LogP contribution in [0.1, 0.15) is 41.8 Å². The van der Waals surface area contributed by atoms with Crippen molar-refractivity contribution in [2.24, 2.45) is 0 Å². The number of anilines is 1. The molecule has 0 aliphatic carbocycles. The molecular formula is C16H21N3O2. The van der Waals surface area contributed by atoms with Crippen LogP contribution in [0.4, 0.5) is 5.69 Å². The fraction of sp³-hybridized carbons (Fsp3) is 0.375. The summed E-state index contributed by atoms with van der Waals surface area (Å²) in [4.78, 5) is 12.2. The quantitative estimate of drug-likeness (QED) is 0.756. The van der Waals surface area contributed by atoms with Crippen LogP contribution in [0, 0.1) is 20.8 Å². The number of carbonyl (C=O) groups is 1. The molecule has 1 amide bonds. The summed E-state index contributed by atoms with van der Waals surface area (Å²) in [5.74, 6) is 0.0632. The first-order chi connectivity index (χ1) is 9.90. The maximum Gasteiger partial charge on any atom is 0.225 e. The Balaban J connectivity index is 2.07. The van der Waals surface area contributed by atoms with Crippen LogP contribution in [0.2, 0.25) is 0 Å². The Morgan fingerprint density at radius 1 is 1.38 bits per heavy atom. The van der Waals surface area contributed by atoms with Gasteiger partial charge in [-0.3, -0.25) is 9.89 Å². The van der Waals surface area contributed by atoms with Gasteiger partial charge in [0, 0.05) is 12.1 Å². The molecule has 0 saturated heterocycles. The predicted octanol–water partition coefficient (Wildman–Crippen LogP) is 3.17. The number of hydrogen-bond donors (Lipinski definition) is 3. The number of amides is 1. The van der Waals surface area contributed by atoms with E-state index in [1.54, 1.807) is 25.1 Å². The van der Waals surface area contributed by atoms with E-state index in [1.165, 1.54) is 0 Å². The maximum absolute atomic E-state index is 12.2. The Labute approximate surface area is 124 Å². The van der Waals surface area contributed by atoms with Crippen molar-refractivity contribution in [1.82, 2.24) is 10.2 Å². The Morgan fingerprint density at radius 3 is 2.71 bits per heavy atom. The zero-order chi connectivity index (χ0) is 15.6. The average molecular weight is 287 g/mol. The van der Waals surface area contributed by atoms with E-state index in [4.69, 9.17) is 0 Å². The zero-order valence-corrected chi connectivity index (χ0v) is 12.8.